The molecule has 0 unspecified atom stereocenters. The molecule has 1 aliphatic heterocycles. The summed E-state index contributed by atoms with van der Waals surface area (Å²) in [5, 5.41) is 2.90. The number of nitrogens with zero attached hydrogens (tertiary/aromatic N) is 2. The van der Waals surface area contributed by atoms with Gasteiger partial charge in [-0.05, 0) is 29.7 Å². The maximum Gasteiger partial charge on any atom is 0.237 e. The lowest BCUT2D eigenvalue weighted by Crippen LogP contribution is -2.56. The van der Waals surface area contributed by atoms with Crippen molar-refractivity contribution in [3.05, 3.63) is 65.7 Å². The first kappa shape index (κ1) is 20.9. The first-order valence-corrected chi connectivity index (χ1v) is 9.99. The molecular formula is C23H29N3O3. The predicted octanol–water partition coefficient (Wildman–Crippen LogP) is 2.09. The van der Waals surface area contributed by atoms with Crippen molar-refractivity contribution in [1.29, 1.82) is 0 Å². The molecule has 1 saturated heterocycles. The van der Waals surface area contributed by atoms with Gasteiger partial charge in [-0.15, -0.1) is 0 Å². The van der Waals surface area contributed by atoms with Gasteiger partial charge in [-0.1, -0.05) is 42.5 Å². The molecular weight excluding hydrogens is 366 g/mol. The van der Waals surface area contributed by atoms with E-state index in [2.05, 4.69) is 22.3 Å². The van der Waals surface area contributed by atoms with Crippen LogP contribution in [-0.2, 0) is 22.6 Å². The smallest absolute Gasteiger partial charge is 0.237 e. The molecule has 1 fully saturated rings. The van der Waals surface area contributed by atoms with Crippen molar-refractivity contribution in [3.8, 4) is 5.75 Å². The fourth-order valence-electron chi connectivity index (χ4n) is 3.57. The monoisotopic (exact) mass is 395 g/mol. The molecule has 0 aromatic heterocycles. The van der Waals surface area contributed by atoms with E-state index in [1.165, 1.54) is 5.56 Å². The third-order valence-corrected chi connectivity index (χ3v) is 5.33. The van der Waals surface area contributed by atoms with Crippen LogP contribution >= 0.6 is 0 Å². The van der Waals surface area contributed by atoms with Gasteiger partial charge in [0.15, 0.2) is 0 Å². The van der Waals surface area contributed by atoms with E-state index in [-0.39, 0.29) is 18.2 Å². The molecule has 2 aromatic carbocycles. The first-order chi connectivity index (χ1) is 14.1. The van der Waals surface area contributed by atoms with E-state index in [1.54, 1.807) is 19.1 Å². The normalized spacial score (nSPS) is 16.9. The van der Waals surface area contributed by atoms with Crippen LogP contribution in [0.4, 0.5) is 0 Å². The van der Waals surface area contributed by atoms with E-state index >= 15 is 0 Å². The van der Waals surface area contributed by atoms with E-state index in [4.69, 9.17) is 4.74 Å². The second-order valence-electron chi connectivity index (χ2n) is 7.38. The minimum absolute atomic E-state index is 0.0152. The quantitative estimate of drug-likeness (QED) is 0.744. The number of ether oxygens (including phenoxy) is 1. The van der Waals surface area contributed by atoms with Gasteiger partial charge in [0, 0.05) is 33.2 Å². The number of rotatable bonds is 8. The average Bonchev–Trinajstić information content (AvgIpc) is 2.75. The van der Waals surface area contributed by atoms with Gasteiger partial charge in [0.1, 0.15) is 5.75 Å². The van der Waals surface area contributed by atoms with Gasteiger partial charge in [-0.25, -0.2) is 0 Å². The van der Waals surface area contributed by atoms with E-state index in [0.29, 0.717) is 26.2 Å². The molecule has 0 bridgehead atoms. The molecule has 29 heavy (non-hydrogen) atoms. The summed E-state index contributed by atoms with van der Waals surface area (Å²) >= 11 is 0. The molecule has 1 atom stereocenters. The Morgan fingerprint density at radius 1 is 1.17 bits per heavy atom. The Hall–Kier alpha value is -2.86. The number of hydrogen-bond acceptors (Lipinski definition) is 4. The van der Waals surface area contributed by atoms with Crippen LogP contribution in [0.3, 0.4) is 0 Å². The molecule has 3 rings (SSSR count). The van der Waals surface area contributed by atoms with Crippen LogP contribution in [-0.4, -0.2) is 61.4 Å². The molecule has 2 amide bonds. The average molecular weight is 396 g/mol. The number of methoxy groups -OCH3 is 1. The fourth-order valence-corrected chi connectivity index (χ4v) is 3.57. The van der Waals surface area contributed by atoms with Crippen molar-refractivity contribution in [3.63, 3.8) is 0 Å². The number of piperazine rings is 1. The molecule has 1 N–H and O–H groups in total. The molecule has 1 aliphatic rings. The van der Waals surface area contributed by atoms with Crippen LogP contribution in [0, 0.1) is 0 Å². The number of carbonyl (C=O) groups excluding carboxylic acids is 2. The third-order valence-electron chi connectivity index (χ3n) is 5.33. The summed E-state index contributed by atoms with van der Waals surface area (Å²) in [5.41, 5.74) is 2.26. The summed E-state index contributed by atoms with van der Waals surface area (Å²) in [4.78, 5) is 29.1. The maximum absolute atomic E-state index is 12.8. The van der Waals surface area contributed by atoms with Crippen molar-refractivity contribution in [2.75, 3.05) is 33.8 Å². The predicted molar refractivity (Wildman–Crippen MR) is 113 cm³/mol. The summed E-state index contributed by atoms with van der Waals surface area (Å²) in [5.74, 6) is 0.694. The van der Waals surface area contributed by atoms with Crippen molar-refractivity contribution in [1.82, 2.24) is 15.1 Å². The molecule has 0 spiro atoms. The summed E-state index contributed by atoms with van der Waals surface area (Å²) < 4.78 is 5.29. The maximum atomic E-state index is 12.8. The van der Waals surface area contributed by atoms with Crippen LogP contribution in [0.2, 0.25) is 0 Å². The fraction of sp³-hybridized carbons (Fsp3) is 0.391. The summed E-state index contributed by atoms with van der Waals surface area (Å²) in [6.45, 7) is 2.55. The highest BCUT2D eigenvalue weighted by atomic mass is 16.5. The SMILES string of the molecule is COc1cccc(CN2CCNC(=O)[C@H]2CC(=O)N(C)CCc2ccccc2)c1. The first-order valence-electron chi connectivity index (χ1n) is 9.99. The number of hydrogen-bond donors (Lipinski definition) is 1. The zero-order valence-electron chi connectivity index (χ0n) is 17.1. The van der Waals surface area contributed by atoms with Gasteiger partial charge >= 0.3 is 0 Å². The molecule has 0 saturated carbocycles. The lowest BCUT2D eigenvalue weighted by atomic mass is 10.1. The molecule has 0 aliphatic carbocycles. The number of nitrogens with one attached hydrogen (secondary N) is 1. The highest BCUT2D eigenvalue weighted by Gasteiger charge is 2.32. The van der Waals surface area contributed by atoms with Gasteiger partial charge in [-0.2, -0.15) is 0 Å². The van der Waals surface area contributed by atoms with Gasteiger partial charge < -0.3 is 15.0 Å². The highest BCUT2D eigenvalue weighted by molar-refractivity contribution is 5.88. The van der Waals surface area contributed by atoms with Crippen LogP contribution in [0.5, 0.6) is 5.75 Å². The number of amides is 2. The van der Waals surface area contributed by atoms with Crippen LogP contribution in [0.25, 0.3) is 0 Å². The minimum atomic E-state index is -0.457. The summed E-state index contributed by atoms with van der Waals surface area (Å²) in [7, 11) is 3.44. The summed E-state index contributed by atoms with van der Waals surface area (Å²) in [6.07, 6.45) is 0.981. The van der Waals surface area contributed by atoms with Crippen molar-refractivity contribution in [2.24, 2.45) is 0 Å². The second-order valence-corrected chi connectivity index (χ2v) is 7.38. The third kappa shape index (κ3) is 5.81. The Bertz CT molecular complexity index is 825. The highest BCUT2D eigenvalue weighted by Crippen LogP contribution is 2.18. The second kappa shape index (κ2) is 10.1. The molecule has 6 nitrogen and oxygen atoms in total. The van der Waals surface area contributed by atoms with Gasteiger partial charge in [0.25, 0.3) is 0 Å². The minimum Gasteiger partial charge on any atom is -0.497 e. The Kier molecular flexibility index (Phi) is 7.25. The van der Waals surface area contributed by atoms with Crippen molar-refractivity contribution < 1.29 is 14.3 Å². The van der Waals surface area contributed by atoms with E-state index in [0.717, 1.165) is 17.7 Å². The Morgan fingerprint density at radius 3 is 2.69 bits per heavy atom. The zero-order valence-corrected chi connectivity index (χ0v) is 17.1. The zero-order chi connectivity index (χ0) is 20.6. The molecule has 0 radical (unpaired) electrons. The number of likely N-dealkylation sites (N-methyl/N-ethyl adjacent to an activating group) is 1. The molecule has 2 aromatic rings. The Morgan fingerprint density at radius 2 is 1.93 bits per heavy atom. The Balaban J connectivity index is 1.60. The standard InChI is InChI=1S/C23H29N3O3/c1-25(13-11-18-7-4-3-5-8-18)22(27)16-21-23(28)24-12-14-26(21)17-19-9-6-10-20(15-19)29-2/h3-10,15,21H,11-14,16-17H2,1-2H3,(H,24,28)/t21-/m1/s1. The lowest BCUT2D eigenvalue weighted by molar-refractivity contribution is -0.138. The van der Waals surface area contributed by atoms with Crippen molar-refractivity contribution in [2.45, 2.75) is 25.4 Å². The van der Waals surface area contributed by atoms with Crippen molar-refractivity contribution >= 4 is 11.8 Å². The molecule has 6 heteroatoms. The van der Waals surface area contributed by atoms with Gasteiger partial charge in [0.05, 0.1) is 19.6 Å². The van der Waals surface area contributed by atoms with E-state index < -0.39 is 6.04 Å². The number of carbonyl (C=O) groups is 2. The summed E-state index contributed by atoms with van der Waals surface area (Å²) in [6, 6.07) is 17.5. The van der Waals surface area contributed by atoms with Gasteiger partial charge in [-0.3, -0.25) is 14.5 Å². The number of benzene rings is 2. The van der Waals surface area contributed by atoms with Gasteiger partial charge in [0.2, 0.25) is 11.8 Å². The molecule has 1 heterocycles. The van der Waals surface area contributed by atoms with E-state index in [9.17, 15) is 9.59 Å². The Labute approximate surface area is 172 Å². The van der Waals surface area contributed by atoms with Crippen LogP contribution in [0.1, 0.15) is 17.5 Å². The van der Waals surface area contributed by atoms with Crippen LogP contribution in [0.15, 0.2) is 54.6 Å². The molecule has 154 valence electrons. The topological polar surface area (TPSA) is 61.9 Å². The van der Waals surface area contributed by atoms with Crippen LogP contribution < -0.4 is 10.1 Å². The lowest BCUT2D eigenvalue weighted by Gasteiger charge is -2.35. The largest absolute Gasteiger partial charge is 0.497 e. The van der Waals surface area contributed by atoms with E-state index in [1.807, 2.05) is 42.5 Å².